The van der Waals surface area contributed by atoms with E-state index in [1.54, 1.807) is 24.3 Å². The second-order valence-corrected chi connectivity index (χ2v) is 2.80. The largest absolute Gasteiger partial charge is 0.345 e. The lowest BCUT2D eigenvalue weighted by atomic mass is 10.2. The molecule has 0 unspecified atom stereocenters. The maximum atomic E-state index is 11.4. The van der Waals surface area contributed by atoms with Gasteiger partial charge in [-0.25, -0.2) is 9.86 Å². The van der Waals surface area contributed by atoms with Crippen molar-refractivity contribution >= 4 is 11.7 Å². The SMILES string of the molecule is CON(C)C(=O)Nc1cccc(C#N)c1. The number of amides is 2. The minimum atomic E-state index is -0.396. The van der Waals surface area contributed by atoms with Gasteiger partial charge in [0.15, 0.2) is 0 Å². The Kier molecular flexibility index (Phi) is 3.66. The van der Waals surface area contributed by atoms with E-state index in [0.717, 1.165) is 5.06 Å². The molecule has 15 heavy (non-hydrogen) atoms. The van der Waals surface area contributed by atoms with Crippen LogP contribution in [0.15, 0.2) is 24.3 Å². The van der Waals surface area contributed by atoms with Crippen LogP contribution in [-0.2, 0) is 4.84 Å². The fraction of sp³-hybridized carbons (Fsp3) is 0.200. The first kappa shape index (κ1) is 11.0. The van der Waals surface area contributed by atoms with Crippen LogP contribution < -0.4 is 5.32 Å². The van der Waals surface area contributed by atoms with Gasteiger partial charge in [-0.05, 0) is 18.2 Å². The van der Waals surface area contributed by atoms with Gasteiger partial charge < -0.3 is 5.32 Å². The number of rotatable bonds is 2. The normalized spacial score (nSPS) is 9.13. The first-order valence-corrected chi connectivity index (χ1v) is 4.26. The molecule has 0 fully saturated rings. The van der Waals surface area contributed by atoms with Crippen LogP contribution >= 0.6 is 0 Å². The van der Waals surface area contributed by atoms with E-state index in [9.17, 15) is 4.79 Å². The molecular formula is C10H11N3O2. The Hall–Kier alpha value is -2.06. The van der Waals surface area contributed by atoms with E-state index < -0.39 is 6.03 Å². The summed E-state index contributed by atoms with van der Waals surface area (Å²) in [7, 11) is 2.88. The number of carbonyl (C=O) groups excluding carboxylic acids is 1. The topological polar surface area (TPSA) is 65.4 Å². The molecule has 0 aromatic heterocycles. The number of hydrogen-bond donors (Lipinski definition) is 1. The Bertz CT molecular complexity index is 398. The lowest BCUT2D eigenvalue weighted by molar-refractivity contribution is -0.0598. The first-order chi connectivity index (χ1) is 7.17. The van der Waals surface area contributed by atoms with Crippen molar-refractivity contribution in [3.8, 4) is 6.07 Å². The van der Waals surface area contributed by atoms with Crippen LogP contribution in [0.5, 0.6) is 0 Å². The zero-order valence-corrected chi connectivity index (χ0v) is 8.52. The van der Waals surface area contributed by atoms with Gasteiger partial charge in [0.05, 0.1) is 18.7 Å². The number of nitrogens with zero attached hydrogens (tertiary/aromatic N) is 2. The smallest absolute Gasteiger partial charge is 0.306 e. The summed E-state index contributed by atoms with van der Waals surface area (Å²) in [4.78, 5) is 16.0. The molecule has 0 heterocycles. The third kappa shape index (κ3) is 2.97. The Labute approximate surface area is 87.8 Å². The average Bonchev–Trinajstić information content (AvgIpc) is 2.28. The average molecular weight is 205 g/mol. The summed E-state index contributed by atoms with van der Waals surface area (Å²) < 4.78 is 0. The zero-order valence-electron chi connectivity index (χ0n) is 8.52. The highest BCUT2D eigenvalue weighted by Crippen LogP contribution is 2.10. The lowest BCUT2D eigenvalue weighted by Gasteiger charge is -2.14. The molecule has 5 heteroatoms. The Balaban J connectivity index is 2.73. The van der Waals surface area contributed by atoms with E-state index in [0.29, 0.717) is 11.3 Å². The molecule has 0 atom stereocenters. The first-order valence-electron chi connectivity index (χ1n) is 4.26. The molecule has 1 N–H and O–H groups in total. The minimum Gasteiger partial charge on any atom is -0.306 e. The van der Waals surface area contributed by atoms with E-state index in [1.807, 2.05) is 6.07 Å². The molecule has 0 aliphatic carbocycles. The van der Waals surface area contributed by atoms with Gasteiger partial charge in [-0.3, -0.25) is 4.84 Å². The van der Waals surface area contributed by atoms with Crippen molar-refractivity contribution in [3.05, 3.63) is 29.8 Å². The van der Waals surface area contributed by atoms with Gasteiger partial charge in [-0.15, -0.1) is 0 Å². The van der Waals surface area contributed by atoms with Gasteiger partial charge in [0.2, 0.25) is 0 Å². The highest BCUT2D eigenvalue weighted by Gasteiger charge is 2.07. The third-order valence-electron chi connectivity index (χ3n) is 1.80. The molecule has 0 aliphatic heterocycles. The number of urea groups is 1. The van der Waals surface area contributed by atoms with Gasteiger partial charge in [0, 0.05) is 12.7 Å². The quantitative estimate of drug-likeness (QED) is 0.745. The van der Waals surface area contributed by atoms with Gasteiger partial charge in [-0.2, -0.15) is 5.26 Å². The maximum absolute atomic E-state index is 11.4. The van der Waals surface area contributed by atoms with Crippen LogP contribution in [0.4, 0.5) is 10.5 Å². The van der Waals surface area contributed by atoms with Gasteiger partial charge in [-0.1, -0.05) is 6.07 Å². The number of nitriles is 1. The zero-order chi connectivity index (χ0) is 11.3. The second kappa shape index (κ2) is 4.98. The van der Waals surface area contributed by atoms with Crippen molar-refractivity contribution in [2.24, 2.45) is 0 Å². The standard InChI is InChI=1S/C10H11N3O2/c1-13(15-2)10(14)12-9-5-3-4-8(6-9)7-11/h3-6H,1-2H3,(H,12,14). The third-order valence-corrected chi connectivity index (χ3v) is 1.80. The predicted molar refractivity (Wildman–Crippen MR) is 54.9 cm³/mol. The molecule has 78 valence electrons. The fourth-order valence-electron chi connectivity index (χ4n) is 0.952. The summed E-state index contributed by atoms with van der Waals surface area (Å²) in [6, 6.07) is 8.23. The summed E-state index contributed by atoms with van der Waals surface area (Å²) in [5.41, 5.74) is 1.05. The summed E-state index contributed by atoms with van der Waals surface area (Å²) in [6.07, 6.45) is 0. The molecular weight excluding hydrogens is 194 g/mol. The van der Waals surface area contributed by atoms with E-state index >= 15 is 0 Å². The minimum absolute atomic E-state index is 0.396. The molecule has 1 aromatic rings. The van der Waals surface area contributed by atoms with E-state index in [-0.39, 0.29) is 0 Å². The molecule has 0 spiro atoms. The molecule has 0 aliphatic rings. The van der Waals surface area contributed by atoms with Crippen molar-refractivity contribution in [2.45, 2.75) is 0 Å². The lowest BCUT2D eigenvalue weighted by Crippen LogP contribution is -2.30. The second-order valence-electron chi connectivity index (χ2n) is 2.80. The highest BCUT2D eigenvalue weighted by atomic mass is 16.7. The van der Waals surface area contributed by atoms with Crippen molar-refractivity contribution < 1.29 is 9.63 Å². The molecule has 0 saturated carbocycles. The molecule has 2 amide bonds. The van der Waals surface area contributed by atoms with E-state index in [1.165, 1.54) is 14.2 Å². The van der Waals surface area contributed by atoms with Crippen LogP contribution in [0.2, 0.25) is 0 Å². The number of carbonyl (C=O) groups is 1. The monoisotopic (exact) mass is 205 g/mol. The highest BCUT2D eigenvalue weighted by molar-refractivity contribution is 5.88. The van der Waals surface area contributed by atoms with Crippen molar-refractivity contribution in [2.75, 3.05) is 19.5 Å². The number of benzene rings is 1. The van der Waals surface area contributed by atoms with Crippen LogP contribution in [0, 0.1) is 11.3 Å². The van der Waals surface area contributed by atoms with Gasteiger partial charge in [0.25, 0.3) is 0 Å². The fourth-order valence-corrected chi connectivity index (χ4v) is 0.952. The van der Waals surface area contributed by atoms with Crippen molar-refractivity contribution in [1.82, 2.24) is 5.06 Å². The van der Waals surface area contributed by atoms with Crippen LogP contribution in [-0.4, -0.2) is 25.3 Å². The predicted octanol–water partition coefficient (Wildman–Crippen LogP) is 1.58. The van der Waals surface area contributed by atoms with E-state index in [2.05, 4.69) is 5.32 Å². The molecule has 0 radical (unpaired) electrons. The summed E-state index contributed by atoms with van der Waals surface area (Å²) in [5.74, 6) is 0. The van der Waals surface area contributed by atoms with Crippen molar-refractivity contribution in [1.29, 1.82) is 5.26 Å². The summed E-state index contributed by atoms with van der Waals surface area (Å²) >= 11 is 0. The number of hydroxylamine groups is 2. The molecule has 1 rings (SSSR count). The Morgan fingerprint density at radius 1 is 1.60 bits per heavy atom. The summed E-state index contributed by atoms with van der Waals surface area (Å²) in [5, 5.41) is 12.3. The molecule has 0 bridgehead atoms. The Morgan fingerprint density at radius 2 is 2.33 bits per heavy atom. The maximum Gasteiger partial charge on any atom is 0.345 e. The van der Waals surface area contributed by atoms with E-state index in [4.69, 9.17) is 10.1 Å². The molecule has 0 saturated heterocycles. The van der Waals surface area contributed by atoms with Gasteiger partial charge in [0.1, 0.15) is 0 Å². The molecule has 5 nitrogen and oxygen atoms in total. The van der Waals surface area contributed by atoms with Crippen LogP contribution in [0.3, 0.4) is 0 Å². The Morgan fingerprint density at radius 3 is 2.93 bits per heavy atom. The molecule has 1 aromatic carbocycles. The number of nitrogens with one attached hydrogen (secondary N) is 1. The van der Waals surface area contributed by atoms with Gasteiger partial charge >= 0.3 is 6.03 Å². The number of anilines is 1. The van der Waals surface area contributed by atoms with Crippen LogP contribution in [0.1, 0.15) is 5.56 Å². The summed E-state index contributed by atoms with van der Waals surface area (Å²) in [6.45, 7) is 0. The number of hydrogen-bond acceptors (Lipinski definition) is 3. The van der Waals surface area contributed by atoms with Crippen molar-refractivity contribution in [3.63, 3.8) is 0 Å². The van der Waals surface area contributed by atoms with Crippen LogP contribution in [0.25, 0.3) is 0 Å².